The Balaban J connectivity index is 1.83. The number of rotatable bonds is 3. The molecule has 0 aliphatic rings. The third-order valence-corrected chi connectivity index (χ3v) is 5.22. The van der Waals surface area contributed by atoms with Gasteiger partial charge in [-0.2, -0.15) is 0 Å². The second-order valence-corrected chi connectivity index (χ2v) is 7.07. The van der Waals surface area contributed by atoms with E-state index in [-0.39, 0.29) is 5.63 Å². The van der Waals surface area contributed by atoms with E-state index in [0.29, 0.717) is 21.9 Å². The second-order valence-electron chi connectivity index (χ2n) is 6.21. The molecule has 0 atom stereocenters. The minimum Gasteiger partial charge on any atom is -0.497 e. The third-order valence-electron chi connectivity index (χ3n) is 4.34. The van der Waals surface area contributed by atoms with Crippen LogP contribution >= 0.6 is 11.3 Å². The fraction of sp³-hybridized carbons (Fsp3) is 0.143. The van der Waals surface area contributed by atoms with Gasteiger partial charge in [0.1, 0.15) is 16.3 Å². The van der Waals surface area contributed by atoms with Gasteiger partial charge in [-0.15, -0.1) is 11.3 Å². The molecular weight excluding hydrogens is 346 g/mol. The molecule has 26 heavy (non-hydrogen) atoms. The molecule has 0 amide bonds. The Kier molecular flexibility index (Phi) is 4.09. The maximum atomic E-state index is 12.4. The number of hydrogen-bond donors (Lipinski definition) is 0. The van der Waals surface area contributed by atoms with Gasteiger partial charge < -0.3 is 9.15 Å². The molecule has 0 N–H and O–H groups in total. The van der Waals surface area contributed by atoms with Crippen LogP contribution in [0.3, 0.4) is 0 Å². The molecule has 0 saturated carbocycles. The number of nitrogens with zero attached hydrogens (tertiary/aromatic N) is 1. The van der Waals surface area contributed by atoms with E-state index in [1.165, 1.54) is 16.9 Å². The quantitative estimate of drug-likeness (QED) is 0.469. The van der Waals surface area contributed by atoms with Crippen LogP contribution in [0.2, 0.25) is 0 Å². The SMILES string of the molecule is COc1ccc2oc(=O)c(-c3nc(-c4cc(C)ccc4C)cs3)cc2c1. The van der Waals surface area contributed by atoms with Crippen LogP contribution in [0.25, 0.3) is 32.8 Å². The van der Waals surface area contributed by atoms with Gasteiger partial charge in [0.2, 0.25) is 0 Å². The lowest BCUT2D eigenvalue weighted by Gasteiger charge is -2.04. The Hall–Kier alpha value is -2.92. The van der Waals surface area contributed by atoms with Crippen molar-refractivity contribution >= 4 is 22.3 Å². The van der Waals surface area contributed by atoms with Crippen molar-refractivity contribution in [2.45, 2.75) is 13.8 Å². The van der Waals surface area contributed by atoms with Crippen LogP contribution in [0, 0.1) is 13.8 Å². The zero-order chi connectivity index (χ0) is 18.3. The number of ether oxygens (including phenoxy) is 1. The summed E-state index contributed by atoms with van der Waals surface area (Å²) in [6, 6.07) is 13.5. The van der Waals surface area contributed by atoms with E-state index in [1.807, 2.05) is 17.5 Å². The van der Waals surface area contributed by atoms with Crippen molar-refractivity contribution in [3.8, 4) is 27.6 Å². The first-order valence-corrected chi connectivity index (χ1v) is 9.08. The fourth-order valence-corrected chi connectivity index (χ4v) is 3.73. The lowest BCUT2D eigenvalue weighted by molar-refractivity contribution is 0.415. The molecule has 0 unspecified atom stereocenters. The van der Waals surface area contributed by atoms with Crippen molar-refractivity contribution in [2.24, 2.45) is 0 Å². The van der Waals surface area contributed by atoms with Gasteiger partial charge in [-0.05, 0) is 49.7 Å². The maximum absolute atomic E-state index is 12.4. The summed E-state index contributed by atoms with van der Waals surface area (Å²) in [7, 11) is 1.61. The van der Waals surface area contributed by atoms with Crippen molar-refractivity contribution in [1.82, 2.24) is 4.98 Å². The van der Waals surface area contributed by atoms with Crippen molar-refractivity contribution in [3.63, 3.8) is 0 Å². The Bertz CT molecular complexity index is 1170. The summed E-state index contributed by atoms with van der Waals surface area (Å²) in [6.07, 6.45) is 0. The van der Waals surface area contributed by atoms with E-state index in [4.69, 9.17) is 14.1 Å². The van der Waals surface area contributed by atoms with Crippen molar-refractivity contribution < 1.29 is 9.15 Å². The largest absolute Gasteiger partial charge is 0.497 e. The van der Waals surface area contributed by atoms with Gasteiger partial charge in [0.15, 0.2) is 0 Å². The molecule has 2 aromatic carbocycles. The zero-order valence-corrected chi connectivity index (χ0v) is 15.5. The molecule has 4 nitrogen and oxygen atoms in total. The summed E-state index contributed by atoms with van der Waals surface area (Å²) in [5, 5.41) is 3.44. The Labute approximate surface area is 154 Å². The Morgan fingerprint density at radius 1 is 1.04 bits per heavy atom. The molecule has 0 aliphatic heterocycles. The summed E-state index contributed by atoms with van der Waals surface area (Å²) in [6.45, 7) is 4.12. The van der Waals surface area contributed by atoms with Gasteiger partial charge in [-0.25, -0.2) is 9.78 Å². The highest BCUT2D eigenvalue weighted by molar-refractivity contribution is 7.13. The van der Waals surface area contributed by atoms with E-state index in [1.54, 1.807) is 19.2 Å². The lowest BCUT2D eigenvalue weighted by atomic mass is 10.0. The minimum absolute atomic E-state index is 0.385. The number of hydrogen-bond acceptors (Lipinski definition) is 5. The summed E-state index contributed by atoms with van der Waals surface area (Å²) in [5.74, 6) is 0.715. The molecule has 0 spiro atoms. The molecular formula is C21H17NO3S. The standard InChI is InChI=1S/C21H17NO3S/c1-12-4-5-13(2)16(8-12)18-11-26-20(22-18)17-10-14-9-15(24-3)6-7-19(14)25-21(17)23/h4-11H,1-3H3. The van der Waals surface area contributed by atoms with Gasteiger partial charge in [-0.3, -0.25) is 0 Å². The normalized spacial score (nSPS) is 11.0. The molecule has 0 aliphatic carbocycles. The molecule has 0 radical (unpaired) electrons. The molecule has 4 aromatic rings. The highest BCUT2D eigenvalue weighted by atomic mass is 32.1. The average molecular weight is 363 g/mol. The topological polar surface area (TPSA) is 52.3 Å². The summed E-state index contributed by atoms with van der Waals surface area (Å²) >= 11 is 1.44. The Morgan fingerprint density at radius 3 is 2.69 bits per heavy atom. The summed E-state index contributed by atoms with van der Waals surface area (Å²) < 4.78 is 10.7. The number of aromatic nitrogens is 1. The van der Waals surface area contributed by atoms with Crippen molar-refractivity contribution in [1.29, 1.82) is 0 Å². The number of fused-ring (bicyclic) bond motifs is 1. The fourth-order valence-electron chi connectivity index (χ4n) is 2.91. The summed E-state index contributed by atoms with van der Waals surface area (Å²) in [4.78, 5) is 17.1. The van der Waals surface area contributed by atoms with E-state index in [2.05, 4.69) is 32.0 Å². The molecule has 5 heteroatoms. The number of benzene rings is 2. The second kappa shape index (κ2) is 6.42. The lowest BCUT2D eigenvalue weighted by Crippen LogP contribution is -2.02. The van der Waals surface area contributed by atoms with E-state index < -0.39 is 0 Å². The zero-order valence-electron chi connectivity index (χ0n) is 14.7. The number of methoxy groups -OCH3 is 1. The molecule has 0 fully saturated rings. The first-order chi connectivity index (χ1) is 12.5. The average Bonchev–Trinajstić information content (AvgIpc) is 3.12. The van der Waals surface area contributed by atoms with E-state index in [9.17, 15) is 4.79 Å². The van der Waals surface area contributed by atoms with Crippen LogP contribution in [0.5, 0.6) is 5.75 Å². The van der Waals surface area contributed by atoms with Gasteiger partial charge in [0.25, 0.3) is 0 Å². The third kappa shape index (κ3) is 2.91. The Morgan fingerprint density at radius 2 is 1.88 bits per heavy atom. The van der Waals surface area contributed by atoms with Crippen LogP contribution in [0.15, 0.2) is 57.1 Å². The number of thiazole rings is 1. The molecule has 0 saturated heterocycles. The van der Waals surface area contributed by atoms with Gasteiger partial charge in [-0.1, -0.05) is 17.7 Å². The smallest absolute Gasteiger partial charge is 0.346 e. The van der Waals surface area contributed by atoms with Gasteiger partial charge in [0, 0.05) is 16.3 Å². The summed E-state index contributed by atoms with van der Waals surface area (Å²) in [5.41, 5.74) is 4.90. The minimum atomic E-state index is -0.385. The maximum Gasteiger partial charge on any atom is 0.346 e. The van der Waals surface area contributed by atoms with Crippen molar-refractivity contribution in [2.75, 3.05) is 7.11 Å². The van der Waals surface area contributed by atoms with Gasteiger partial charge in [0.05, 0.1) is 18.4 Å². The first-order valence-electron chi connectivity index (χ1n) is 8.20. The van der Waals surface area contributed by atoms with Crippen LogP contribution in [0.1, 0.15) is 11.1 Å². The van der Waals surface area contributed by atoms with Gasteiger partial charge >= 0.3 is 5.63 Å². The highest BCUT2D eigenvalue weighted by Gasteiger charge is 2.14. The van der Waals surface area contributed by atoms with Crippen LogP contribution < -0.4 is 10.4 Å². The number of aryl methyl sites for hydroxylation is 2. The monoisotopic (exact) mass is 363 g/mol. The molecule has 130 valence electrons. The molecule has 0 bridgehead atoms. The van der Waals surface area contributed by atoms with E-state index >= 15 is 0 Å². The van der Waals surface area contributed by atoms with Crippen LogP contribution in [-0.2, 0) is 0 Å². The molecule has 4 rings (SSSR count). The van der Waals surface area contributed by atoms with E-state index in [0.717, 1.165) is 22.2 Å². The van der Waals surface area contributed by atoms with Crippen molar-refractivity contribution in [3.05, 3.63) is 69.4 Å². The predicted octanol–water partition coefficient (Wildman–Crippen LogP) is 5.21. The van der Waals surface area contributed by atoms with Crippen LogP contribution in [0.4, 0.5) is 0 Å². The first kappa shape index (κ1) is 16.5. The molecule has 2 aromatic heterocycles. The molecule has 2 heterocycles. The predicted molar refractivity (Wildman–Crippen MR) is 105 cm³/mol. The highest BCUT2D eigenvalue weighted by Crippen LogP contribution is 2.31. The van der Waals surface area contributed by atoms with Crippen LogP contribution in [-0.4, -0.2) is 12.1 Å².